The van der Waals surface area contributed by atoms with Crippen LogP contribution in [0.3, 0.4) is 0 Å². The predicted octanol–water partition coefficient (Wildman–Crippen LogP) is 0.981. The van der Waals surface area contributed by atoms with Crippen molar-refractivity contribution in [3.8, 4) is 0 Å². The third kappa shape index (κ3) is 1.98. The summed E-state index contributed by atoms with van der Waals surface area (Å²) in [6, 6.07) is 4.79. The lowest BCUT2D eigenvalue weighted by molar-refractivity contribution is 0.602. The highest BCUT2D eigenvalue weighted by Crippen LogP contribution is 2.15. The number of hydrogen-bond donors (Lipinski definition) is 1. The fourth-order valence-corrected chi connectivity index (χ4v) is 1.74. The van der Waals surface area contributed by atoms with E-state index >= 15 is 0 Å². The number of nitrogen functional groups attached to an aromatic ring is 1. The summed E-state index contributed by atoms with van der Waals surface area (Å²) in [6.07, 6.45) is 1.17. The van der Waals surface area contributed by atoms with Gasteiger partial charge in [-0.3, -0.25) is 0 Å². The third-order valence-corrected chi connectivity index (χ3v) is 2.59. The van der Waals surface area contributed by atoms with Crippen molar-refractivity contribution in [2.75, 3.05) is 12.0 Å². The molecule has 0 spiro atoms. The minimum atomic E-state index is -3.13. The molecule has 0 amide bonds. The maximum absolute atomic E-state index is 11.1. The van der Waals surface area contributed by atoms with Crippen molar-refractivity contribution in [3.05, 3.63) is 23.8 Å². The Bertz CT molecular complexity index is 375. The number of hydrogen-bond acceptors (Lipinski definition) is 3. The average molecular weight is 185 g/mol. The third-order valence-electron chi connectivity index (χ3n) is 1.50. The van der Waals surface area contributed by atoms with Gasteiger partial charge in [-0.1, -0.05) is 0 Å². The average Bonchev–Trinajstić information content (AvgIpc) is 1.82. The molecule has 0 aliphatic heterocycles. The van der Waals surface area contributed by atoms with Gasteiger partial charge in [-0.15, -0.1) is 0 Å². The number of benzene rings is 1. The smallest absolute Gasteiger partial charge is 0.175 e. The van der Waals surface area contributed by atoms with E-state index in [0.717, 1.165) is 5.56 Å². The zero-order valence-electron chi connectivity index (χ0n) is 7.03. The van der Waals surface area contributed by atoms with E-state index in [-0.39, 0.29) is 4.90 Å². The number of aryl methyl sites for hydroxylation is 1. The van der Waals surface area contributed by atoms with Crippen LogP contribution in [0.2, 0.25) is 0 Å². The van der Waals surface area contributed by atoms with Crippen LogP contribution in [0.25, 0.3) is 0 Å². The number of anilines is 1. The molecule has 4 heteroatoms. The van der Waals surface area contributed by atoms with Crippen LogP contribution in [0.1, 0.15) is 5.56 Å². The zero-order valence-corrected chi connectivity index (χ0v) is 7.85. The van der Waals surface area contributed by atoms with Crippen LogP contribution in [0, 0.1) is 6.92 Å². The van der Waals surface area contributed by atoms with Crippen LogP contribution in [-0.4, -0.2) is 14.7 Å². The minimum absolute atomic E-state index is 0.278. The summed E-state index contributed by atoms with van der Waals surface area (Å²) in [5.41, 5.74) is 6.83. The van der Waals surface area contributed by atoms with Crippen LogP contribution in [0.5, 0.6) is 0 Å². The monoisotopic (exact) mass is 185 g/mol. The summed E-state index contributed by atoms with van der Waals surface area (Å²) >= 11 is 0. The Morgan fingerprint density at radius 3 is 2.25 bits per heavy atom. The first-order valence-corrected chi connectivity index (χ1v) is 5.36. The maximum Gasteiger partial charge on any atom is 0.175 e. The second kappa shape index (κ2) is 2.79. The molecular formula is C8H11NO2S. The lowest BCUT2D eigenvalue weighted by atomic mass is 10.2. The Morgan fingerprint density at radius 2 is 1.83 bits per heavy atom. The standard InChI is InChI=1S/C8H11NO2S/c1-6-3-7(9)5-8(4-6)12(2,10)11/h3-5H,9H2,1-2H3. The van der Waals surface area contributed by atoms with Crippen molar-refractivity contribution >= 4 is 15.5 Å². The van der Waals surface area contributed by atoms with Crippen LogP contribution < -0.4 is 5.73 Å². The van der Waals surface area contributed by atoms with Gasteiger partial charge in [0.15, 0.2) is 9.84 Å². The molecule has 0 fully saturated rings. The fraction of sp³-hybridized carbons (Fsp3) is 0.250. The van der Waals surface area contributed by atoms with Crippen LogP contribution in [0.4, 0.5) is 5.69 Å². The summed E-state index contributed by atoms with van der Waals surface area (Å²) in [5, 5.41) is 0. The Kier molecular flexibility index (Phi) is 2.10. The second-order valence-corrected chi connectivity index (χ2v) is 4.87. The van der Waals surface area contributed by atoms with Crippen molar-refractivity contribution in [2.45, 2.75) is 11.8 Å². The molecule has 0 heterocycles. The molecular weight excluding hydrogens is 174 g/mol. The van der Waals surface area contributed by atoms with Crippen LogP contribution in [0.15, 0.2) is 23.1 Å². The van der Waals surface area contributed by atoms with E-state index in [1.54, 1.807) is 12.1 Å². The highest BCUT2D eigenvalue weighted by atomic mass is 32.2. The van der Waals surface area contributed by atoms with E-state index in [4.69, 9.17) is 5.73 Å². The van der Waals surface area contributed by atoms with E-state index in [1.807, 2.05) is 6.92 Å². The Balaban J connectivity index is 3.37. The van der Waals surface area contributed by atoms with E-state index in [2.05, 4.69) is 0 Å². The molecule has 0 unspecified atom stereocenters. The number of nitrogens with two attached hydrogens (primary N) is 1. The lowest BCUT2D eigenvalue weighted by Gasteiger charge is -2.01. The summed E-state index contributed by atoms with van der Waals surface area (Å²) < 4.78 is 22.2. The van der Waals surface area contributed by atoms with Gasteiger partial charge in [-0.2, -0.15) is 0 Å². The first kappa shape index (κ1) is 9.06. The number of sulfone groups is 1. The first-order chi connectivity index (χ1) is 5.39. The molecule has 0 aliphatic carbocycles. The predicted molar refractivity (Wildman–Crippen MR) is 48.7 cm³/mol. The number of rotatable bonds is 1. The van der Waals surface area contributed by atoms with Crippen molar-refractivity contribution in [3.63, 3.8) is 0 Å². The first-order valence-electron chi connectivity index (χ1n) is 3.47. The minimum Gasteiger partial charge on any atom is -0.399 e. The van der Waals surface area contributed by atoms with Gasteiger partial charge >= 0.3 is 0 Å². The highest BCUT2D eigenvalue weighted by Gasteiger charge is 2.07. The molecule has 0 saturated heterocycles. The van der Waals surface area contributed by atoms with E-state index in [0.29, 0.717) is 5.69 Å². The molecule has 0 atom stereocenters. The van der Waals surface area contributed by atoms with Crippen molar-refractivity contribution in [2.24, 2.45) is 0 Å². The van der Waals surface area contributed by atoms with Crippen LogP contribution >= 0.6 is 0 Å². The molecule has 2 N–H and O–H groups in total. The quantitative estimate of drug-likeness (QED) is 0.663. The van der Waals surface area contributed by atoms with Crippen molar-refractivity contribution in [1.82, 2.24) is 0 Å². The fourth-order valence-electron chi connectivity index (χ4n) is 0.991. The van der Waals surface area contributed by atoms with Crippen molar-refractivity contribution < 1.29 is 8.42 Å². The van der Waals surface area contributed by atoms with E-state index in [9.17, 15) is 8.42 Å². The van der Waals surface area contributed by atoms with Crippen molar-refractivity contribution in [1.29, 1.82) is 0 Å². The molecule has 12 heavy (non-hydrogen) atoms. The van der Waals surface area contributed by atoms with Crippen LogP contribution in [-0.2, 0) is 9.84 Å². The van der Waals surface area contributed by atoms with Gasteiger partial charge in [0, 0.05) is 11.9 Å². The maximum atomic E-state index is 11.1. The molecule has 0 radical (unpaired) electrons. The molecule has 0 aliphatic rings. The summed E-state index contributed by atoms with van der Waals surface area (Å²) in [7, 11) is -3.13. The van der Waals surface area contributed by atoms with Gasteiger partial charge < -0.3 is 5.73 Å². The van der Waals surface area contributed by atoms with E-state index in [1.165, 1.54) is 12.3 Å². The second-order valence-electron chi connectivity index (χ2n) is 2.85. The van der Waals surface area contributed by atoms with Gasteiger partial charge in [-0.25, -0.2) is 8.42 Å². The Hall–Kier alpha value is -1.03. The van der Waals surface area contributed by atoms with Gasteiger partial charge in [0.25, 0.3) is 0 Å². The molecule has 0 saturated carbocycles. The van der Waals surface area contributed by atoms with Gasteiger partial charge in [0.2, 0.25) is 0 Å². The van der Waals surface area contributed by atoms with Gasteiger partial charge in [-0.05, 0) is 30.7 Å². The summed E-state index contributed by atoms with van der Waals surface area (Å²) in [5.74, 6) is 0. The summed E-state index contributed by atoms with van der Waals surface area (Å²) in [4.78, 5) is 0.278. The Morgan fingerprint density at radius 1 is 1.25 bits per heavy atom. The topological polar surface area (TPSA) is 60.2 Å². The Labute approximate surface area is 72.1 Å². The summed E-state index contributed by atoms with van der Waals surface area (Å²) in [6.45, 7) is 1.81. The SMILES string of the molecule is Cc1cc(N)cc(S(C)(=O)=O)c1. The molecule has 1 aromatic rings. The normalized spacial score (nSPS) is 11.5. The molecule has 66 valence electrons. The molecule has 0 aromatic heterocycles. The van der Waals surface area contributed by atoms with Gasteiger partial charge in [0.05, 0.1) is 4.90 Å². The lowest BCUT2D eigenvalue weighted by Crippen LogP contribution is -1.99. The largest absolute Gasteiger partial charge is 0.399 e. The van der Waals surface area contributed by atoms with E-state index < -0.39 is 9.84 Å². The molecule has 1 aromatic carbocycles. The molecule has 0 bridgehead atoms. The molecule has 3 nitrogen and oxygen atoms in total. The zero-order chi connectivity index (χ0) is 9.35. The highest BCUT2D eigenvalue weighted by molar-refractivity contribution is 7.90. The molecule has 1 rings (SSSR count). The van der Waals surface area contributed by atoms with Gasteiger partial charge in [0.1, 0.15) is 0 Å².